The average molecular weight is 242 g/mol. The molecule has 0 bridgehead atoms. The molecule has 17 heavy (non-hydrogen) atoms. The molecule has 0 aromatic heterocycles. The van der Waals surface area contributed by atoms with Crippen LogP contribution in [0.15, 0.2) is 18.2 Å². The van der Waals surface area contributed by atoms with Crippen molar-refractivity contribution >= 4 is 11.6 Å². The molecule has 0 spiro atoms. The van der Waals surface area contributed by atoms with Gasteiger partial charge in [0.2, 0.25) is 0 Å². The van der Waals surface area contributed by atoms with Gasteiger partial charge in [-0.1, -0.05) is 0 Å². The molecule has 3 N–H and O–H groups in total. The number of amides is 1. The van der Waals surface area contributed by atoms with Gasteiger partial charge in [0.05, 0.1) is 12.3 Å². The molecule has 0 aliphatic rings. The minimum Gasteiger partial charge on any atom is -0.484 e. The second-order valence-corrected chi connectivity index (χ2v) is 3.31. The largest absolute Gasteiger partial charge is 0.484 e. The van der Waals surface area contributed by atoms with Crippen LogP contribution in [0.3, 0.4) is 0 Å². The van der Waals surface area contributed by atoms with Crippen molar-refractivity contribution < 1.29 is 18.7 Å². The lowest BCUT2D eigenvalue weighted by Gasteiger charge is -2.07. The van der Waals surface area contributed by atoms with Crippen LogP contribution in [0.5, 0.6) is 5.75 Å². The number of nitrogens with one attached hydrogen (secondary N) is 1. The highest BCUT2D eigenvalue weighted by Gasteiger charge is 2.04. The molecule has 1 rings (SSSR count). The van der Waals surface area contributed by atoms with Crippen molar-refractivity contribution in [3.05, 3.63) is 24.0 Å². The van der Waals surface area contributed by atoms with Gasteiger partial charge >= 0.3 is 0 Å². The second-order valence-electron chi connectivity index (χ2n) is 3.31. The molecule has 0 unspecified atom stereocenters. The summed E-state index contributed by atoms with van der Waals surface area (Å²) in [6.45, 7) is 0.671. The van der Waals surface area contributed by atoms with Gasteiger partial charge in [0.15, 0.2) is 6.61 Å². The monoisotopic (exact) mass is 242 g/mol. The number of carbonyl (C=O) groups is 1. The predicted octanol–water partition coefficient (Wildman–Crippen LogP) is 0.549. The molecule has 0 saturated carbocycles. The molecule has 0 saturated heterocycles. The topological polar surface area (TPSA) is 73.6 Å². The maximum absolute atomic E-state index is 13.0. The first-order chi connectivity index (χ1) is 8.13. The Kier molecular flexibility index (Phi) is 5.22. The van der Waals surface area contributed by atoms with Crippen molar-refractivity contribution in [1.29, 1.82) is 0 Å². The first-order valence-electron chi connectivity index (χ1n) is 5.07. The smallest absolute Gasteiger partial charge is 0.258 e. The summed E-state index contributed by atoms with van der Waals surface area (Å²) in [6, 6.07) is 4.02. The fourth-order valence-electron chi connectivity index (χ4n) is 1.09. The molecular formula is C11H15FN2O3. The number of hydrogen-bond donors (Lipinski definition) is 2. The fourth-order valence-corrected chi connectivity index (χ4v) is 1.09. The van der Waals surface area contributed by atoms with E-state index in [1.54, 1.807) is 7.11 Å². The van der Waals surface area contributed by atoms with Crippen molar-refractivity contribution in [2.75, 3.05) is 32.6 Å². The van der Waals surface area contributed by atoms with Gasteiger partial charge < -0.3 is 20.5 Å². The maximum atomic E-state index is 13.0. The van der Waals surface area contributed by atoms with Crippen LogP contribution in [0, 0.1) is 5.82 Å². The third-order valence-electron chi connectivity index (χ3n) is 1.97. The Bertz CT molecular complexity index is 385. The zero-order chi connectivity index (χ0) is 12.7. The Hall–Kier alpha value is -1.82. The molecule has 5 nitrogen and oxygen atoms in total. The molecular weight excluding hydrogens is 227 g/mol. The number of carbonyl (C=O) groups excluding carboxylic acids is 1. The van der Waals surface area contributed by atoms with Crippen LogP contribution in [0.25, 0.3) is 0 Å². The molecule has 0 aliphatic heterocycles. The number of ether oxygens (including phenoxy) is 2. The molecule has 0 aliphatic carbocycles. The number of hydrogen-bond acceptors (Lipinski definition) is 4. The third-order valence-corrected chi connectivity index (χ3v) is 1.97. The zero-order valence-corrected chi connectivity index (χ0v) is 9.53. The molecule has 6 heteroatoms. The van der Waals surface area contributed by atoms with Crippen LogP contribution in [0.2, 0.25) is 0 Å². The van der Waals surface area contributed by atoms with Crippen molar-refractivity contribution in [3.63, 3.8) is 0 Å². The van der Waals surface area contributed by atoms with Crippen molar-refractivity contribution in [1.82, 2.24) is 5.32 Å². The highest BCUT2D eigenvalue weighted by atomic mass is 19.1. The summed E-state index contributed by atoms with van der Waals surface area (Å²) in [5, 5.41) is 2.57. The summed E-state index contributed by atoms with van der Waals surface area (Å²) in [7, 11) is 1.54. The second kappa shape index (κ2) is 6.70. The van der Waals surface area contributed by atoms with Gasteiger partial charge in [-0.15, -0.1) is 0 Å². The number of anilines is 1. The van der Waals surface area contributed by atoms with Crippen LogP contribution in [-0.2, 0) is 9.53 Å². The number of nitrogens with two attached hydrogens (primary N) is 1. The normalized spacial score (nSPS) is 10.0. The van der Waals surface area contributed by atoms with Crippen LogP contribution < -0.4 is 15.8 Å². The van der Waals surface area contributed by atoms with Crippen molar-refractivity contribution in [3.8, 4) is 5.75 Å². The Balaban J connectivity index is 2.34. The SMILES string of the molecule is COCCNC(=O)COc1ccc(N)c(F)c1. The van der Waals surface area contributed by atoms with E-state index in [4.69, 9.17) is 15.2 Å². The summed E-state index contributed by atoms with van der Waals surface area (Å²) in [4.78, 5) is 11.2. The van der Waals surface area contributed by atoms with Crippen molar-refractivity contribution in [2.45, 2.75) is 0 Å². The summed E-state index contributed by atoms with van der Waals surface area (Å²) in [5.74, 6) is -0.597. The van der Waals surface area contributed by atoms with E-state index in [1.807, 2.05) is 0 Å². The number of methoxy groups -OCH3 is 1. The highest BCUT2D eigenvalue weighted by Crippen LogP contribution is 2.17. The standard InChI is InChI=1S/C11H15FN2O3/c1-16-5-4-14-11(15)7-17-8-2-3-10(13)9(12)6-8/h2-3,6H,4-5,7,13H2,1H3,(H,14,15). The number of benzene rings is 1. The van der Waals surface area contributed by atoms with Gasteiger partial charge in [-0.3, -0.25) is 4.79 Å². The van der Waals surface area contributed by atoms with Crippen LogP contribution in [-0.4, -0.2) is 32.8 Å². The van der Waals surface area contributed by atoms with E-state index in [0.717, 1.165) is 6.07 Å². The lowest BCUT2D eigenvalue weighted by atomic mass is 10.3. The predicted molar refractivity (Wildman–Crippen MR) is 61.2 cm³/mol. The number of halogens is 1. The quantitative estimate of drug-likeness (QED) is 0.564. The van der Waals surface area contributed by atoms with Gasteiger partial charge in [-0.2, -0.15) is 0 Å². The van der Waals surface area contributed by atoms with Crippen LogP contribution in [0.4, 0.5) is 10.1 Å². The number of rotatable bonds is 6. The summed E-state index contributed by atoms with van der Waals surface area (Å²) in [6.07, 6.45) is 0. The zero-order valence-electron chi connectivity index (χ0n) is 9.53. The van der Waals surface area contributed by atoms with Gasteiger partial charge in [0.1, 0.15) is 11.6 Å². The van der Waals surface area contributed by atoms with E-state index in [1.165, 1.54) is 12.1 Å². The van der Waals surface area contributed by atoms with Gasteiger partial charge in [0.25, 0.3) is 5.91 Å². The van der Waals surface area contributed by atoms with E-state index in [2.05, 4.69) is 5.32 Å². The minimum atomic E-state index is -0.567. The Morgan fingerprint density at radius 2 is 2.29 bits per heavy atom. The van der Waals surface area contributed by atoms with E-state index in [9.17, 15) is 9.18 Å². The van der Waals surface area contributed by atoms with Crippen molar-refractivity contribution in [2.24, 2.45) is 0 Å². The van der Waals surface area contributed by atoms with E-state index in [0.29, 0.717) is 13.2 Å². The van der Waals surface area contributed by atoms with E-state index in [-0.39, 0.29) is 24.0 Å². The van der Waals surface area contributed by atoms with Gasteiger partial charge in [-0.25, -0.2) is 4.39 Å². The first-order valence-corrected chi connectivity index (χ1v) is 5.07. The van der Waals surface area contributed by atoms with Crippen LogP contribution in [0.1, 0.15) is 0 Å². The first kappa shape index (κ1) is 13.2. The third kappa shape index (κ3) is 4.69. The highest BCUT2D eigenvalue weighted by molar-refractivity contribution is 5.77. The van der Waals surface area contributed by atoms with E-state index < -0.39 is 5.82 Å². The average Bonchev–Trinajstić information content (AvgIpc) is 2.31. The fraction of sp³-hybridized carbons (Fsp3) is 0.364. The molecule has 0 fully saturated rings. The lowest BCUT2D eigenvalue weighted by Crippen LogP contribution is -2.31. The summed E-state index contributed by atoms with van der Waals surface area (Å²) in [5.41, 5.74) is 5.35. The van der Waals surface area contributed by atoms with Crippen LogP contribution >= 0.6 is 0 Å². The molecule has 1 aromatic carbocycles. The number of nitrogen functional groups attached to an aromatic ring is 1. The minimum absolute atomic E-state index is 0.0434. The Labute approximate surface area is 98.7 Å². The molecule has 0 atom stereocenters. The van der Waals surface area contributed by atoms with Gasteiger partial charge in [0, 0.05) is 19.7 Å². The molecule has 0 radical (unpaired) electrons. The molecule has 94 valence electrons. The van der Waals surface area contributed by atoms with E-state index >= 15 is 0 Å². The molecule has 1 amide bonds. The molecule has 0 heterocycles. The summed E-state index contributed by atoms with van der Waals surface area (Å²) < 4.78 is 22.9. The lowest BCUT2D eigenvalue weighted by molar-refractivity contribution is -0.123. The molecule has 1 aromatic rings. The Morgan fingerprint density at radius 3 is 2.94 bits per heavy atom. The summed E-state index contributed by atoms with van der Waals surface area (Å²) >= 11 is 0. The maximum Gasteiger partial charge on any atom is 0.258 e. The Morgan fingerprint density at radius 1 is 1.53 bits per heavy atom. The van der Waals surface area contributed by atoms with Gasteiger partial charge in [-0.05, 0) is 12.1 Å².